The zero-order valence-electron chi connectivity index (χ0n) is 20.3. The molecule has 1 heterocycles. The monoisotopic (exact) mass is 553 g/mol. The van der Waals surface area contributed by atoms with Crippen LogP contribution in [0.25, 0.3) is 5.69 Å². The van der Waals surface area contributed by atoms with Gasteiger partial charge in [0.05, 0.1) is 23.0 Å². The van der Waals surface area contributed by atoms with Gasteiger partial charge in [-0.2, -0.15) is 23.5 Å². The van der Waals surface area contributed by atoms with Gasteiger partial charge in [-0.1, -0.05) is 30.3 Å². The molecule has 0 spiro atoms. The van der Waals surface area contributed by atoms with Crippen molar-refractivity contribution >= 4 is 17.7 Å². The van der Waals surface area contributed by atoms with Crippen molar-refractivity contribution in [2.45, 2.75) is 18.8 Å². The van der Waals surface area contributed by atoms with Crippen LogP contribution in [0.2, 0.25) is 0 Å². The lowest BCUT2D eigenvalue weighted by Crippen LogP contribution is -2.20. The van der Waals surface area contributed by atoms with Gasteiger partial charge in [-0.3, -0.25) is 4.79 Å². The first-order chi connectivity index (χ1) is 19.0. The lowest BCUT2D eigenvalue weighted by molar-refractivity contribution is -0.141. The third kappa shape index (κ3) is 6.25. The van der Waals surface area contributed by atoms with Crippen LogP contribution in [-0.4, -0.2) is 32.0 Å². The van der Waals surface area contributed by atoms with Gasteiger partial charge in [0.25, 0.3) is 5.91 Å². The van der Waals surface area contributed by atoms with E-state index < -0.39 is 47.2 Å². The van der Waals surface area contributed by atoms with Crippen LogP contribution >= 0.6 is 0 Å². The van der Waals surface area contributed by atoms with Crippen molar-refractivity contribution in [2.75, 3.05) is 5.32 Å². The number of anilines is 1. The van der Waals surface area contributed by atoms with Gasteiger partial charge >= 0.3 is 12.3 Å². The molecule has 0 aliphatic rings. The van der Waals surface area contributed by atoms with E-state index in [9.17, 15) is 32.3 Å². The Morgan fingerprint density at radius 2 is 1.75 bits per heavy atom. The van der Waals surface area contributed by atoms with Crippen molar-refractivity contribution in [3.8, 4) is 11.8 Å². The summed E-state index contributed by atoms with van der Waals surface area (Å²) >= 11 is 0. The number of aliphatic hydroxyl groups excluding tert-OH is 1. The van der Waals surface area contributed by atoms with Crippen LogP contribution in [0, 0.1) is 17.1 Å². The predicted molar refractivity (Wildman–Crippen MR) is 133 cm³/mol. The molecule has 204 valence electrons. The minimum Gasteiger partial charge on any atom is -0.465 e. The standard InChI is InChI=1S/C27H19F4N5O4/c28-20-8-7-18(24(37)17-5-1-3-15(9-17)13-32)11-21(20)34-25(38)22-12-23(27(29,30)31)35-36(22)19-6-2-4-16(10-19)14-33-26(39)40/h1-12,24,33,37H,14H2,(H,34,38)(H,39,40). The van der Waals surface area contributed by atoms with Crippen LogP contribution < -0.4 is 10.6 Å². The number of nitrogens with zero attached hydrogens (tertiary/aromatic N) is 3. The molecule has 3 aromatic carbocycles. The fraction of sp³-hybridized carbons (Fsp3) is 0.111. The molecular formula is C27H19F4N5O4. The zero-order chi connectivity index (χ0) is 29.0. The average molecular weight is 553 g/mol. The smallest absolute Gasteiger partial charge is 0.435 e. The lowest BCUT2D eigenvalue weighted by Gasteiger charge is -2.15. The zero-order valence-corrected chi connectivity index (χ0v) is 20.3. The Labute approximate surface area is 223 Å². The fourth-order valence-electron chi connectivity index (χ4n) is 3.82. The molecule has 1 atom stereocenters. The summed E-state index contributed by atoms with van der Waals surface area (Å²) in [5, 5.41) is 36.5. The van der Waals surface area contributed by atoms with Gasteiger partial charge in [-0.05, 0) is 53.1 Å². The highest BCUT2D eigenvalue weighted by atomic mass is 19.4. The number of aromatic nitrogens is 2. The number of amides is 2. The van der Waals surface area contributed by atoms with Crippen molar-refractivity contribution < 1.29 is 37.4 Å². The van der Waals surface area contributed by atoms with Gasteiger partial charge in [-0.25, -0.2) is 13.9 Å². The minimum atomic E-state index is -4.91. The first-order valence-corrected chi connectivity index (χ1v) is 11.5. The van der Waals surface area contributed by atoms with Gasteiger partial charge < -0.3 is 20.8 Å². The maximum Gasteiger partial charge on any atom is 0.435 e. The van der Waals surface area contributed by atoms with E-state index >= 15 is 0 Å². The third-order valence-corrected chi connectivity index (χ3v) is 5.72. The first kappa shape index (κ1) is 27.8. The fourth-order valence-corrected chi connectivity index (χ4v) is 3.82. The van der Waals surface area contributed by atoms with Gasteiger partial charge in [-0.15, -0.1) is 0 Å². The number of hydrogen-bond donors (Lipinski definition) is 4. The van der Waals surface area contributed by atoms with Crippen molar-refractivity contribution in [1.29, 1.82) is 5.26 Å². The number of halogens is 4. The molecule has 9 nitrogen and oxygen atoms in total. The van der Waals surface area contributed by atoms with Crippen LogP contribution in [0.5, 0.6) is 0 Å². The highest BCUT2D eigenvalue weighted by Crippen LogP contribution is 2.31. The number of carboxylic acid groups (broad SMARTS) is 1. The third-order valence-electron chi connectivity index (χ3n) is 5.72. The number of benzene rings is 3. The molecule has 0 saturated carbocycles. The summed E-state index contributed by atoms with van der Waals surface area (Å²) in [5.74, 6) is -2.05. The molecule has 0 saturated heterocycles. The number of rotatable bonds is 7. The van der Waals surface area contributed by atoms with E-state index in [1.165, 1.54) is 42.5 Å². The maximum absolute atomic E-state index is 14.7. The van der Waals surface area contributed by atoms with E-state index in [-0.39, 0.29) is 23.4 Å². The Morgan fingerprint density at radius 1 is 1.02 bits per heavy atom. The Balaban J connectivity index is 1.68. The number of carbonyl (C=O) groups is 2. The van der Waals surface area contributed by atoms with Gasteiger partial charge in [0, 0.05) is 12.6 Å². The van der Waals surface area contributed by atoms with E-state index in [0.29, 0.717) is 21.9 Å². The second-order valence-electron chi connectivity index (χ2n) is 8.49. The number of nitriles is 1. The number of nitrogens with one attached hydrogen (secondary N) is 2. The molecule has 40 heavy (non-hydrogen) atoms. The predicted octanol–water partition coefficient (Wildman–Crippen LogP) is 5.00. The SMILES string of the molecule is N#Cc1cccc(C(O)c2ccc(F)c(NC(=O)c3cc(C(F)(F)F)nn3-c3cccc(CNC(=O)O)c3)c2)c1. The summed E-state index contributed by atoms with van der Waals surface area (Å²) in [5.41, 5.74) is -1.22. The first-order valence-electron chi connectivity index (χ1n) is 11.5. The molecule has 0 aliphatic carbocycles. The summed E-state index contributed by atoms with van der Waals surface area (Å²) < 4.78 is 55.9. The topological polar surface area (TPSA) is 140 Å². The molecule has 13 heteroatoms. The summed E-state index contributed by atoms with van der Waals surface area (Å²) in [6.07, 6.45) is -7.51. The highest BCUT2D eigenvalue weighted by molar-refractivity contribution is 6.03. The number of hydrogen-bond acceptors (Lipinski definition) is 5. The van der Waals surface area contributed by atoms with Gasteiger partial charge in [0.15, 0.2) is 5.69 Å². The quantitative estimate of drug-likeness (QED) is 0.238. The van der Waals surface area contributed by atoms with Crippen molar-refractivity contribution in [3.05, 3.63) is 112 Å². The maximum atomic E-state index is 14.7. The molecule has 1 unspecified atom stereocenters. The molecule has 0 radical (unpaired) electrons. The molecule has 0 fully saturated rings. The summed E-state index contributed by atoms with van der Waals surface area (Å²) in [7, 11) is 0. The second kappa shape index (κ2) is 11.3. The molecule has 0 aliphatic heterocycles. The van der Waals surface area contributed by atoms with Crippen molar-refractivity contribution in [2.24, 2.45) is 0 Å². The number of aliphatic hydroxyl groups is 1. The van der Waals surface area contributed by atoms with Crippen LogP contribution in [0.3, 0.4) is 0 Å². The Hall–Kier alpha value is -5.22. The molecule has 4 N–H and O–H groups in total. The lowest BCUT2D eigenvalue weighted by atomic mass is 9.99. The minimum absolute atomic E-state index is 0.0207. The van der Waals surface area contributed by atoms with Crippen LogP contribution in [-0.2, 0) is 12.7 Å². The Morgan fingerprint density at radius 3 is 2.45 bits per heavy atom. The Bertz CT molecular complexity index is 1630. The van der Waals surface area contributed by atoms with E-state index in [1.807, 2.05) is 6.07 Å². The molecule has 4 rings (SSSR count). The largest absolute Gasteiger partial charge is 0.465 e. The summed E-state index contributed by atoms with van der Waals surface area (Å²) in [6.45, 7) is -0.157. The number of carbonyl (C=O) groups excluding carboxylic acids is 1. The van der Waals surface area contributed by atoms with Gasteiger partial charge in [0.1, 0.15) is 17.6 Å². The van der Waals surface area contributed by atoms with E-state index in [2.05, 4.69) is 15.7 Å². The summed E-state index contributed by atoms with van der Waals surface area (Å²) in [6, 6.07) is 17.5. The van der Waals surface area contributed by atoms with E-state index in [1.54, 1.807) is 12.1 Å². The van der Waals surface area contributed by atoms with E-state index in [4.69, 9.17) is 10.4 Å². The van der Waals surface area contributed by atoms with Crippen molar-refractivity contribution in [1.82, 2.24) is 15.1 Å². The summed E-state index contributed by atoms with van der Waals surface area (Å²) in [4.78, 5) is 23.9. The van der Waals surface area contributed by atoms with E-state index in [0.717, 1.165) is 12.1 Å². The molecule has 2 amide bonds. The second-order valence-corrected chi connectivity index (χ2v) is 8.49. The highest BCUT2D eigenvalue weighted by Gasteiger charge is 2.36. The average Bonchev–Trinajstić information content (AvgIpc) is 3.40. The molecule has 4 aromatic rings. The molecular weight excluding hydrogens is 534 g/mol. The Kier molecular flexibility index (Phi) is 7.83. The van der Waals surface area contributed by atoms with Crippen LogP contribution in [0.1, 0.15) is 44.5 Å². The normalized spacial score (nSPS) is 11.9. The molecule has 0 bridgehead atoms. The van der Waals surface area contributed by atoms with Gasteiger partial charge in [0.2, 0.25) is 0 Å². The molecule has 1 aromatic heterocycles. The van der Waals surface area contributed by atoms with Crippen LogP contribution in [0.4, 0.5) is 28.0 Å². The van der Waals surface area contributed by atoms with Crippen LogP contribution in [0.15, 0.2) is 72.8 Å². The van der Waals surface area contributed by atoms with Crippen molar-refractivity contribution in [3.63, 3.8) is 0 Å². The number of alkyl halides is 3.